The highest BCUT2D eigenvalue weighted by Gasteiger charge is 2.65. The average Bonchev–Trinajstić information content (AvgIpc) is 2.64. The molecule has 0 aromatic rings. The van der Waals surface area contributed by atoms with Crippen LogP contribution in [0.25, 0.3) is 0 Å². The van der Waals surface area contributed by atoms with Gasteiger partial charge in [-0.05, 0) is 48.9 Å². The van der Waals surface area contributed by atoms with Crippen molar-refractivity contribution in [2.75, 3.05) is 0 Å². The Bertz CT molecular complexity index is 375. The van der Waals surface area contributed by atoms with Crippen LogP contribution in [0.15, 0.2) is 12.2 Å². The van der Waals surface area contributed by atoms with Crippen molar-refractivity contribution >= 4 is 5.97 Å². The predicted molar refractivity (Wildman–Crippen MR) is 56.7 cm³/mol. The third kappa shape index (κ3) is 1.10. The Balaban J connectivity index is 1.55. The zero-order valence-corrected chi connectivity index (χ0v) is 9.08. The van der Waals surface area contributed by atoms with Crippen molar-refractivity contribution in [3.8, 4) is 0 Å². The van der Waals surface area contributed by atoms with Gasteiger partial charge in [0.2, 0.25) is 0 Å². The Morgan fingerprint density at radius 1 is 1.25 bits per heavy atom. The van der Waals surface area contributed by atoms with E-state index >= 15 is 0 Å². The summed E-state index contributed by atoms with van der Waals surface area (Å²) < 4.78 is 5.65. The van der Waals surface area contributed by atoms with E-state index in [4.69, 9.17) is 9.84 Å². The number of rotatable bonds is 2. The van der Waals surface area contributed by atoms with E-state index in [2.05, 4.69) is 0 Å². The van der Waals surface area contributed by atoms with Crippen LogP contribution in [0.5, 0.6) is 0 Å². The molecular weight excluding hydrogens is 204 g/mol. The Kier molecular flexibility index (Phi) is 1.67. The summed E-state index contributed by atoms with van der Waals surface area (Å²) in [4.78, 5) is 10.6. The largest absolute Gasteiger partial charge is 0.478 e. The maximum Gasteiger partial charge on any atom is 0.327 e. The summed E-state index contributed by atoms with van der Waals surface area (Å²) in [5, 5.41) is 8.68. The molecule has 1 heterocycles. The second-order valence-electron chi connectivity index (χ2n) is 5.87. The molecule has 3 saturated carbocycles. The van der Waals surface area contributed by atoms with Gasteiger partial charge in [0.15, 0.2) is 0 Å². The summed E-state index contributed by atoms with van der Waals surface area (Å²) in [6.45, 7) is 0. The lowest BCUT2D eigenvalue weighted by Crippen LogP contribution is -2.27. The van der Waals surface area contributed by atoms with E-state index < -0.39 is 5.97 Å². The quantitative estimate of drug-likeness (QED) is 0.569. The van der Waals surface area contributed by atoms with Crippen LogP contribution in [-0.4, -0.2) is 23.3 Å². The highest BCUT2D eigenvalue weighted by molar-refractivity contribution is 5.79. The SMILES string of the molecule is O=C(O)C=CC1CC2CC1C1C2CC2OC21. The van der Waals surface area contributed by atoms with Crippen molar-refractivity contribution in [3.05, 3.63) is 12.2 Å². The van der Waals surface area contributed by atoms with Gasteiger partial charge in [-0.25, -0.2) is 4.79 Å². The molecule has 16 heavy (non-hydrogen) atoms. The summed E-state index contributed by atoms with van der Waals surface area (Å²) in [6, 6.07) is 0. The highest BCUT2D eigenvalue weighted by atomic mass is 16.6. The first kappa shape index (κ1) is 9.23. The molecule has 1 aliphatic heterocycles. The van der Waals surface area contributed by atoms with E-state index in [0.717, 1.165) is 17.8 Å². The number of fused-ring (bicyclic) bond motifs is 7. The minimum absolute atomic E-state index is 0.505. The number of epoxide rings is 1. The topological polar surface area (TPSA) is 49.8 Å². The van der Waals surface area contributed by atoms with E-state index in [-0.39, 0.29) is 0 Å². The molecule has 1 N–H and O–H groups in total. The lowest BCUT2D eigenvalue weighted by Gasteiger charge is -2.30. The van der Waals surface area contributed by atoms with E-state index in [0.29, 0.717) is 24.0 Å². The fourth-order valence-electron chi connectivity index (χ4n) is 4.79. The van der Waals surface area contributed by atoms with Crippen LogP contribution < -0.4 is 0 Å². The Hall–Kier alpha value is -0.830. The van der Waals surface area contributed by atoms with E-state index in [9.17, 15) is 4.79 Å². The van der Waals surface area contributed by atoms with Crippen molar-refractivity contribution in [1.29, 1.82) is 0 Å². The van der Waals surface area contributed by atoms with Gasteiger partial charge in [0.05, 0.1) is 12.2 Å². The fraction of sp³-hybridized carbons (Fsp3) is 0.769. The number of carboxylic acid groups (broad SMARTS) is 1. The zero-order chi connectivity index (χ0) is 10.9. The van der Waals surface area contributed by atoms with Crippen LogP contribution in [0.1, 0.15) is 19.3 Å². The first-order chi connectivity index (χ1) is 7.74. The van der Waals surface area contributed by atoms with Crippen LogP contribution in [0.2, 0.25) is 0 Å². The molecule has 1 saturated heterocycles. The molecular formula is C13H16O3. The summed E-state index contributed by atoms with van der Waals surface area (Å²) in [6.07, 6.45) is 8.19. The molecule has 0 aromatic carbocycles. The van der Waals surface area contributed by atoms with E-state index in [1.807, 2.05) is 6.08 Å². The molecule has 7 atom stereocenters. The van der Waals surface area contributed by atoms with Gasteiger partial charge in [-0.15, -0.1) is 0 Å². The maximum atomic E-state index is 10.6. The zero-order valence-electron chi connectivity index (χ0n) is 9.08. The van der Waals surface area contributed by atoms with Gasteiger partial charge in [-0.3, -0.25) is 0 Å². The molecule has 0 aromatic heterocycles. The number of aliphatic carboxylic acids is 1. The molecule has 86 valence electrons. The number of ether oxygens (including phenoxy) is 1. The monoisotopic (exact) mass is 220 g/mol. The lowest BCUT2D eigenvalue weighted by molar-refractivity contribution is -0.131. The molecule has 0 radical (unpaired) electrons. The van der Waals surface area contributed by atoms with Crippen molar-refractivity contribution in [2.24, 2.45) is 29.6 Å². The standard InChI is InChI=1S/C13H16O3/c14-11(15)2-1-6-3-7-4-8(6)12-9(7)5-10-13(12)16-10/h1-2,6-10,12-13H,3-5H2,(H,14,15). The molecule has 3 heteroatoms. The van der Waals surface area contributed by atoms with Crippen molar-refractivity contribution in [3.63, 3.8) is 0 Å². The smallest absolute Gasteiger partial charge is 0.327 e. The van der Waals surface area contributed by atoms with Crippen molar-refractivity contribution < 1.29 is 14.6 Å². The molecule has 4 rings (SSSR count). The first-order valence-corrected chi connectivity index (χ1v) is 6.30. The molecule has 4 aliphatic rings. The number of carbonyl (C=O) groups is 1. The van der Waals surface area contributed by atoms with Crippen molar-refractivity contribution in [1.82, 2.24) is 0 Å². The minimum atomic E-state index is -0.814. The minimum Gasteiger partial charge on any atom is -0.478 e. The third-order valence-electron chi connectivity index (χ3n) is 5.29. The molecule has 4 fully saturated rings. The molecule has 3 nitrogen and oxygen atoms in total. The molecule has 7 unspecified atom stereocenters. The van der Waals surface area contributed by atoms with Crippen LogP contribution in [0, 0.1) is 29.6 Å². The van der Waals surface area contributed by atoms with Gasteiger partial charge in [-0.1, -0.05) is 6.08 Å². The average molecular weight is 220 g/mol. The van der Waals surface area contributed by atoms with Crippen LogP contribution in [-0.2, 0) is 9.53 Å². The van der Waals surface area contributed by atoms with Gasteiger partial charge in [-0.2, -0.15) is 0 Å². The number of hydrogen-bond donors (Lipinski definition) is 1. The Labute approximate surface area is 94.5 Å². The fourth-order valence-corrected chi connectivity index (χ4v) is 4.79. The van der Waals surface area contributed by atoms with E-state index in [1.54, 1.807) is 0 Å². The molecule has 3 aliphatic carbocycles. The maximum absolute atomic E-state index is 10.6. The first-order valence-electron chi connectivity index (χ1n) is 6.30. The summed E-state index contributed by atoms with van der Waals surface area (Å²) in [5.41, 5.74) is 0. The Morgan fingerprint density at radius 2 is 2.12 bits per heavy atom. The molecule has 0 spiro atoms. The summed E-state index contributed by atoms with van der Waals surface area (Å²) in [7, 11) is 0. The van der Waals surface area contributed by atoms with Gasteiger partial charge in [0, 0.05) is 6.08 Å². The molecule has 0 amide bonds. The summed E-state index contributed by atoms with van der Waals surface area (Å²) in [5.74, 6) is 2.92. The summed E-state index contributed by atoms with van der Waals surface area (Å²) >= 11 is 0. The number of allylic oxidation sites excluding steroid dienone is 1. The van der Waals surface area contributed by atoms with Crippen molar-refractivity contribution in [2.45, 2.75) is 31.5 Å². The number of carboxylic acids is 1. The lowest BCUT2D eigenvalue weighted by atomic mass is 9.75. The van der Waals surface area contributed by atoms with E-state index in [1.165, 1.54) is 25.3 Å². The van der Waals surface area contributed by atoms with Gasteiger partial charge in [0.25, 0.3) is 0 Å². The highest BCUT2D eigenvalue weighted by Crippen LogP contribution is 2.66. The predicted octanol–water partition coefficient (Wildman–Crippen LogP) is 1.69. The van der Waals surface area contributed by atoms with Gasteiger partial charge in [0.1, 0.15) is 0 Å². The van der Waals surface area contributed by atoms with Crippen LogP contribution in [0.3, 0.4) is 0 Å². The normalized spacial score (nSPS) is 56.6. The number of hydrogen-bond acceptors (Lipinski definition) is 2. The van der Waals surface area contributed by atoms with Crippen LogP contribution in [0.4, 0.5) is 0 Å². The van der Waals surface area contributed by atoms with Gasteiger partial charge < -0.3 is 9.84 Å². The second-order valence-corrected chi connectivity index (χ2v) is 5.87. The second kappa shape index (κ2) is 2.89. The molecule has 2 bridgehead atoms. The Morgan fingerprint density at radius 3 is 2.94 bits per heavy atom. The van der Waals surface area contributed by atoms with Crippen LogP contribution >= 0.6 is 0 Å². The third-order valence-corrected chi connectivity index (χ3v) is 5.29. The van der Waals surface area contributed by atoms with Gasteiger partial charge >= 0.3 is 5.97 Å².